The summed E-state index contributed by atoms with van der Waals surface area (Å²) in [5, 5.41) is 8.48. The molecule has 4 rings (SSSR count). The lowest BCUT2D eigenvalue weighted by Crippen LogP contribution is -2.46. The molecule has 30 heavy (non-hydrogen) atoms. The first-order valence-corrected chi connectivity index (χ1v) is 10.5. The molecule has 0 spiro atoms. The lowest BCUT2D eigenvalue weighted by molar-refractivity contribution is -0.123. The van der Waals surface area contributed by atoms with Crippen LogP contribution in [0.1, 0.15) is 47.8 Å². The van der Waals surface area contributed by atoms with Gasteiger partial charge in [0.05, 0.1) is 0 Å². The fraction of sp³-hybridized carbons (Fsp3) is 0.286. The molecule has 154 valence electrons. The van der Waals surface area contributed by atoms with Crippen molar-refractivity contribution < 1.29 is 14.0 Å². The van der Waals surface area contributed by atoms with Crippen LogP contribution in [0.25, 0.3) is 0 Å². The lowest BCUT2D eigenvalue weighted by Gasteiger charge is -2.31. The summed E-state index contributed by atoms with van der Waals surface area (Å²) in [6.07, 6.45) is 7.10. The van der Waals surface area contributed by atoms with Crippen LogP contribution in [-0.4, -0.2) is 32.4 Å². The van der Waals surface area contributed by atoms with Gasteiger partial charge in [-0.25, -0.2) is 4.39 Å². The van der Waals surface area contributed by atoms with Crippen molar-refractivity contribution in [2.45, 2.75) is 37.8 Å². The Bertz CT molecular complexity index is 992. The smallest absolute Gasteiger partial charge is 0.280 e. The van der Waals surface area contributed by atoms with E-state index in [1.165, 1.54) is 34.5 Å². The number of halogens is 1. The summed E-state index contributed by atoms with van der Waals surface area (Å²) in [6.45, 7) is 0. The molecule has 1 aromatic carbocycles. The Morgan fingerprint density at radius 3 is 2.43 bits per heavy atom. The monoisotopic (exact) mass is 425 g/mol. The molecule has 7 nitrogen and oxygen atoms in total. The van der Waals surface area contributed by atoms with Crippen molar-refractivity contribution in [2.24, 2.45) is 0 Å². The van der Waals surface area contributed by atoms with E-state index >= 15 is 0 Å². The molecule has 0 unspecified atom stereocenters. The molecule has 1 atom stereocenters. The maximum absolute atomic E-state index is 13.6. The van der Waals surface area contributed by atoms with Gasteiger partial charge in [0.15, 0.2) is 5.69 Å². The molecule has 1 saturated carbocycles. The molecule has 1 aliphatic carbocycles. The Kier molecular flexibility index (Phi) is 6.08. The van der Waals surface area contributed by atoms with Gasteiger partial charge in [0, 0.05) is 29.5 Å². The quantitative estimate of drug-likeness (QED) is 0.653. The van der Waals surface area contributed by atoms with E-state index in [9.17, 15) is 14.0 Å². The van der Waals surface area contributed by atoms with E-state index in [2.05, 4.69) is 19.9 Å². The van der Waals surface area contributed by atoms with Crippen molar-refractivity contribution in [1.29, 1.82) is 0 Å². The number of nitrogens with one attached hydrogen (secondary N) is 1. The first-order chi connectivity index (χ1) is 14.6. The van der Waals surface area contributed by atoms with Crippen LogP contribution in [0.3, 0.4) is 0 Å². The van der Waals surface area contributed by atoms with Crippen LogP contribution in [0.4, 0.5) is 10.1 Å². The summed E-state index contributed by atoms with van der Waals surface area (Å²) < 4.78 is 17.3. The number of aromatic nitrogens is 3. The van der Waals surface area contributed by atoms with Crippen molar-refractivity contribution >= 4 is 29.0 Å². The number of carbonyl (C=O) groups excluding carboxylic acids is 2. The third kappa shape index (κ3) is 4.35. The molecule has 0 radical (unpaired) electrons. The van der Waals surface area contributed by atoms with E-state index in [0.717, 1.165) is 37.2 Å². The van der Waals surface area contributed by atoms with E-state index in [1.54, 1.807) is 24.5 Å². The maximum Gasteiger partial charge on any atom is 0.280 e. The van der Waals surface area contributed by atoms with Gasteiger partial charge in [0.1, 0.15) is 11.9 Å². The van der Waals surface area contributed by atoms with Crippen LogP contribution in [0.5, 0.6) is 0 Å². The Balaban J connectivity index is 1.78. The minimum atomic E-state index is -0.965. The van der Waals surface area contributed by atoms with Crippen molar-refractivity contribution in [1.82, 2.24) is 19.9 Å². The third-order valence-corrected chi connectivity index (χ3v) is 5.64. The average molecular weight is 425 g/mol. The molecule has 2 amide bonds. The van der Waals surface area contributed by atoms with Gasteiger partial charge < -0.3 is 5.32 Å². The number of pyridine rings is 1. The molecular weight excluding hydrogens is 405 g/mol. The van der Waals surface area contributed by atoms with Gasteiger partial charge >= 0.3 is 0 Å². The predicted octanol–water partition coefficient (Wildman–Crippen LogP) is 3.52. The molecule has 0 bridgehead atoms. The van der Waals surface area contributed by atoms with Crippen molar-refractivity contribution in [3.8, 4) is 0 Å². The topological polar surface area (TPSA) is 88.1 Å². The maximum atomic E-state index is 13.6. The van der Waals surface area contributed by atoms with Gasteiger partial charge in [-0.05, 0) is 66.3 Å². The van der Waals surface area contributed by atoms with Gasteiger partial charge in [0.2, 0.25) is 5.91 Å². The fourth-order valence-electron chi connectivity index (χ4n) is 3.68. The van der Waals surface area contributed by atoms with Gasteiger partial charge in [-0.2, -0.15) is 0 Å². The van der Waals surface area contributed by atoms with E-state index < -0.39 is 17.8 Å². The van der Waals surface area contributed by atoms with Gasteiger partial charge in [-0.15, -0.1) is 5.10 Å². The van der Waals surface area contributed by atoms with Crippen LogP contribution in [-0.2, 0) is 4.79 Å². The molecule has 9 heteroatoms. The highest BCUT2D eigenvalue weighted by molar-refractivity contribution is 7.03. The number of amides is 2. The number of nitrogens with zero attached hydrogens (tertiary/aromatic N) is 4. The number of carbonyl (C=O) groups is 2. The minimum Gasteiger partial charge on any atom is -0.351 e. The van der Waals surface area contributed by atoms with Gasteiger partial charge in [-0.3, -0.25) is 19.5 Å². The van der Waals surface area contributed by atoms with E-state index in [-0.39, 0.29) is 17.6 Å². The average Bonchev–Trinajstić information content (AvgIpc) is 3.47. The van der Waals surface area contributed by atoms with Crippen molar-refractivity contribution in [3.05, 3.63) is 71.2 Å². The number of rotatable bonds is 6. The Hall–Kier alpha value is -3.20. The van der Waals surface area contributed by atoms with Crippen LogP contribution in [0, 0.1) is 5.82 Å². The second kappa shape index (κ2) is 9.08. The van der Waals surface area contributed by atoms with E-state index in [0.29, 0.717) is 11.3 Å². The van der Waals surface area contributed by atoms with Crippen LogP contribution < -0.4 is 10.2 Å². The SMILES string of the molecule is O=C(NC1CCCC1)[C@H](c1ccncc1)N(C(=O)c1csnn1)c1ccc(F)cc1. The summed E-state index contributed by atoms with van der Waals surface area (Å²) in [4.78, 5) is 32.2. The summed E-state index contributed by atoms with van der Waals surface area (Å²) in [6, 6.07) is 7.97. The zero-order chi connectivity index (χ0) is 20.9. The zero-order valence-electron chi connectivity index (χ0n) is 16.1. The third-order valence-electron chi connectivity index (χ3n) is 5.13. The zero-order valence-corrected chi connectivity index (χ0v) is 16.9. The number of anilines is 1. The summed E-state index contributed by atoms with van der Waals surface area (Å²) in [7, 11) is 0. The predicted molar refractivity (Wildman–Crippen MR) is 110 cm³/mol. The van der Waals surface area contributed by atoms with E-state index in [4.69, 9.17) is 0 Å². The standard InChI is InChI=1S/C21H20FN5O2S/c22-15-5-7-17(8-6-15)27(21(29)18-13-30-26-25-18)19(14-9-11-23-12-10-14)20(28)24-16-3-1-2-4-16/h5-13,16,19H,1-4H2,(H,24,28)/t19-/m0/s1. The summed E-state index contributed by atoms with van der Waals surface area (Å²) >= 11 is 1.05. The number of hydrogen-bond acceptors (Lipinski definition) is 6. The van der Waals surface area contributed by atoms with E-state index in [1.807, 2.05) is 0 Å². The van der Waals surface area contributed by atoms with Crippen LogP contribution >= 0.6 is 11.5 Å². The normalized spacial score (nSPS) is 15.0. The second-order valence-corrected chi connectivity index (χ2v) is 7.72. The molecule has 3 aromatic rings. The second-order valence-electron chi connectivity index (χ2n) is 7.11. The fourth-order valence-corrected chi connectivity index (χ4v) is 4.11. The molecule has 0 aliphatic heterocycles. The first-order valence-electron chi connectivity index (χ1n) is 9.70. The Labute approximate surface area is 177 Å². The molecular formula is C21H20FN5O2S. The highest BCUT2D eigenvalue weighted by Crippen LogP contribution is 2.30. The molecule has 1 fully saturated rings. The highest BCUT2D eigenvalue weighted by Gasteiger charge is 2.35. The number of benzene rings is 1. The lowest BCUT2D eigenvalue weighted by atomic mass is 10.0. The Morgan fingerprint density at radius 2 is 1.80 bits per heavy atom. The van der Waals surface area contributed by atoms with Gasteiger partial charge in [0.25, 0.3) is 5.91 Å². The first kappa shape index (κ1) is 20.1. The highest BCUT2D eigenvalue weighted by atomic mass is 32.1. The van der Waals surface area contributed by atoms with Gasteiger partial charge in [-0.1, -0.05) is 17.3 Å². The minimum absolute atomic E-state index is 0.0768. The molecule has 2 heterocycles. The van der Waals surface area contributed by atoms with Crippen LogP contribution in [0.15, 0.2) is 54.2 Å². The molecule has 1 N–H and O–H groups in total. The number of hydrogen-bond donors (Lipinski definition) is 1. The largest absolute Gasteiger partial charge is 0.351 e. The molecule has 0 saturated heterocycles. The van der Waals surface area contributed by atoms with Crippen molar-refractivity contribution in [3.63, 3.8) is 0 Å². The van der Waals surface area contributed by atoms with Crippen molar-refractivity contribution in [2.75, 3.05) is 4.90 Å². The molecule has 2 aromatic heterocycles. The Morgan fingerprint density at radius 1 is 1.10 bits per heavy atom. The summed E-state index contributed by atoms with van der Waals surface area (Å²) in [5.74, 6) is -1.22. The summed E-state index contributed by atoms with van der Waals surface area (Å²) in [5.41, 5.74) is 1.11. The van der Waals surface area contributed by atoms with Crippen LogP contribution in [0.2, 0.25) is 0 Å². The molecule has 1 aliphatic rings.